The second kappa shape index (κ2) is 6.22. The fourth-order valence-corrected chi connectivity index (χ4v) is 2.78. The molecule has 0 radical (unpaired) electrons. The van der Waals surface area contributed by atoms with E-state index in [0.717, 1.165) is 36.4 Å². The quantitative estimate of drug-likeness (QED) is 0.662. The number of aryl methyl sites for hydroxylation is 2. The average Bonchev–Trinajstić information content (AvgIpc) is 3.08. The molecular weight excluding hydrogens is 333 g/mol. The van der Waals surface area contributed by atoms with E-state index >= 15 is 0 Å². The second-order valence-corrected chi connectivity index (χ2v) is 5.67. The molecule has 1 aromatic carbocycles. The van der Waals surface area contributed by atoms with Crippen molar-refractivity contribution in [3.63, 3.8) is 0 Å². The fourth-order valence-electron chi connectivity index (χ4n) is 2.26. The number of halogens is 3. The van der Waals surface area contributed by atoms with Crippen LogP contribution in [0.5, 0.6) is 0 Å². The molecule has 0 aliphatic rings. The lowest BCUT2D eigenvalue weighted by Crippen LogP contribution is -2.07. The molecule has 0 saturated heterocycles. The summed E-state index contributed by atoms with van der Waals surface area (Å²) >= 11 is 18.1. The van der Waals surface area contributed by atoms with E-state index in [-0.39, 0.29) is 0 Å². The molecule has 8 heteroatoms. The zero-order chi connectivity index (χ0) is 14.8. The van der Waals surface area contributed by atoms with Gasteiger partial charge in [-0.05, 0) is 18.6 Å². The maximum absolute atomic E-state index is 6.10. The van der Waals surface area contributed by atoms with Crippen molar-refractivity contribution in [3.8, 4) is 0 Å². The molecule has 5 nitrogen and oxygen atoms in total. The van der Waals surface area contributed by atoms with Crippen molar-refractivity contribution < 1.29 is 0 Å². The summed E-state index contributed by atoms with van der Waals surface area (Å²) in [5.41, 5.74) is 1.75. The van der Waals surface area contributed by atoms with E-state index in [1.807, 2.05) is 12.3 Å². The number of benzene rings is 1. The highest BCUT2D eigenvalue weighted by molar-refractivity contribution is 6.42. The number of hydrogen-bond acceptors (Lipinski definition) is 3. The normalized spacial score (nSPS) is 11.4. The van der Waals surface area contributed by atoms with Crippen LogP contribution in [0.1, 0.15) is 12.2 Å². The lowest BCUT2D eigenvalue weighted by Gasteiger charge is -2.08. The summed E-state index contributed by atoms with van der Waals surface area (Å²) < 4.78 is 3.87. The molecule has 3 rings (SSSR count). The van der Waals surface area contributed by atoms with Gasteiger partial charge in [-0.25, -0.2) is 4.98 Å². The molecule has 0 spiro atoms. The molecule has 0 aliphatic heterocycles. The van der Waals surface area contributed by atoms with Crippen LogP contribution < -0.4 is 0 Å². The van der Waals surface area contributed by atoms with Crippen molar-refractivity contribution in [3.05, 3.63) is 40.4 Å². The van der Waals surface area contributed by atoms with Gasteiger partial charge in [0.25, 0.3) is 0 Å². The van der Waals surface area contributed by atoms with Gasteiger partial charge >= 0.3 is 0 Å². The molecule has 0 bridgehead atoms. The third-order valence-corrected chi connectivity index (χ3v) is 4.19. The Balaban J connectivity index is 1.87. The minimum atomic E-state index is 0.341. The highest BCUT2D eigenvalue weighted by atomic mass is 35.5. The van der Waals surface area contributed by atoms with E-state index < -0.39 is 0 Å². The van der Waals surface area contributed by atoms with Gasteiger partial charge in [0, 0.05) is 19.3 Å². The van der Waals surface area contributed by atoms with Crippen molar-refractivity contribution in [2.24, 2.45) is 0 Å². The number of alkyl halides is 1. The van der Waals surface area contributed by atoms with Gasteiger partial charge in [0.15, 0.2) is 0 Å². The maximum Gasteiger partial charge on any atom is 0.124 e. The summed E-state index contributed by atoms with van der Waals surface area (Å²) in [6, 6.07) is 3.60. The van der Waals surface area contributed by atoms with Crippen molar-refractivity contribution in [1.82, 2.24) is 24.5 Å². The summed E-state index contributed by atoms with van der Waals surface area (Å²) in [7, 11) is 0. The van der Waals surface area contributed by atoms with Gasteiger partial charge in [0.1, 0.15) is 5.82 Å². The van der Waals surface area contributed by atoms with E-state index in [1.165, 1.54) is 0 Å². The van der Waals surface area contributed by atoms with E-state index in [9.17, 15) is 0 Å². The first-order chi connectivity index (χ1) is 10.2. The molecule has 110 valence electrons. The number of rotatable bonds is 5. The SMILES string of the molecule is ClCc1nc2cc(Cl)c(Cl)cc2n1CCCn1ccnn1. The predicted octanol–water partition coefficient (Wildman–Crippen LogP) is 3.76. The summed E-state index contributed by atoms with van der Waals surface area (Å²) in [6.45, 7) is 1.55. The Morgan fingerprint density at radius 3 is 2.62 bits per heavy atom. The number of imidazole rings is 1. The topological polar surface area (TPSA) is 48.5 Å². The number of nitrogens with zero attached hydrogens (tertiary/aromatic N) is 5. The van der Waals surface area contributed by atoms with Crippen LogP contribution in [0, 0.1) is 0 Å². The molecule has 0 amide bonds. The van der Waals surface area contributed by atoms with Crippen molar-refractivity contribution in [1.29, 1.82) is 0 Å². The molecule has 2 aromatic heterocycles. The molecule has 0 unspecified atom stereocenters. The Morgan fingerprint density at radius 1 is 1.10 bits per heavy atom. The van der Waals surface area contributed by atoms with Gasteiger partial charge in [0.2, 0.25) is 0 Å². The summed E-state index contributed by atoms with van der Waals surface area (Å²) in [5.74, 6) is 1.15. The molecule has 3 aromatic rings. The van der Waals surface area contributed by atoms with Crippen molar-refractivity contribution in [2.45, 2.75) is 25.4 Å². The minimum Gasteiger partial charge on any atom is -0.327 e. The second-order valence-electron chi connectivity index (χ2n) is 4.59. The Kier molecular flexibility index (Phi) is 4.33. The monoisotopic (exact) mass is 343 g/mol. The molecule has 0 aliphatic carbocycles. The highest BCUT2D eigenvalue weighted by Crippen LogP contribution is 2.28. The van der Waals surface area contributed by atoms with Crippen LogP contribution in [-0.2, 0) is 19.0 Å². The van der Waals surface area contributed by atoms with Crippen LogP contribution in [0.4, 0.5) is 0 Å². The van der Waals surface area contributed by atoms with Gasteiger partial charge in [-0.3, -0.25) is 4.68 Å². The molecule has 2 heterocycles. The Hall–Kier alpha value is -1.30. The number of fused-ring (bicyclic) bond motifs is 1. The predicted molar refractivity (Wildman–Crippen MR) is 83.9 cm³/mol. The van der Waals surface area contributed by atoms with Crippen molar-refractivity contribution >= 4 is 45.8 Å². The van der Waals surface area contributed by atoms with Crippen LogP contribution in [0.25, 0.3) is 11.0 Å². The summed E-state index contributed by atoms with van der Waals surface area (Å²) in [5, 5.41) is 8.74. The van der Waals surface area contributed by atoms with Crippen molar-refractivity contribution in [2.75, 3.05) is 0 Å². The van der Waals surface area contributed by atoms with Crippen LogP contribution in [0.2, 0.25) is 10.0 Å². The Labute approximate surface area is 136 Å². The van der Waals surface area contributed by atoms with Gasteiger partial charge in [-0.15, -0.1) is 16.7 Å². The highest BCUT2D eigenvalue weighted by Gasteiger charge is 2.12. The van der Waals surface area contributed by atoms with E-state index in [1.54, 1.807) is 16.9 Å². The zero-order valence-corrected chi connectivity index (χ0v) is 13.3. The van der Waals surface area contributed by atoms with Gasteiger partial charge < -0.3 is 4.57 Å². The first-order valence-electron chi connectivity index (χ1n) is 6.43. The summed E-state index contributed by atoms with van der Waals surface area (Å²) in [4.78, 5) is 4.50. The molecule has 0 atom stereocenters. The summed E-state index contributed by atoms with van der Waals surface area (Å²) in [6.07, 6.45) is 4.39. The van der Waals surface area contributed by atoms with Crippen LogP contribution in [-0.4, -0.2) is 24.5 Å². The number of hydrogen-bond donors (Lipinski definition) is 0. The molecule has 21 heavy (non-hydrogen) atoms. The fraction of sp³-hybridized carbons (Fsp3) is 0.308. The molecule has 0 saturated carbocycles. The first-order valence-corrected chi connectivity index (χ1v) is 7.72. The van der Waals surface area contributed by atoms with Crippen LogP contribution >= 0.6 is 34.8 Å². The smallest absolute Gasteiger partial charge is 0.124 e. The first kappa shape index (κ1) is 14.6. The van der Waals surface area contributed by atoms with Crippen LogP contribution in [0.3, 0.4) is 0 Å². The molecule has 0 fully saturated rings. The Morgan fingerprint density at radius 2 is 1.90 bits per heavy atom. The third kappa shape index (κ3) is 3.00. The van der Waals surface area contributed by atoms with Gasteiger partial charge in [-0.2, -0.15) is 0 Å². The van der Waals surface area contributed by atoms with E-state index in [4.69, 9.17) is 34.8 Å². The molecular formula is C13H12Cl3N5. The lowest BCUT2D eigenvalue weighted by atomic mass is 10.3. The van der Waals surface area contributed by atoms with E-state index in [0.29, 0.717) is 15.9 Å². The zero-order valence-electron chi connectivity index (χ0n) is 11.0. The largest absolute Gasteiger partial charge is 0.327 e. The third-order valence-electron chi connectivity index (χ3n) is 3.23. The Bertz CT molecular complexity index is 751. The molecule has 0 N–H and O–H groups in total. The van der Waals surface area contributed by atoms with Gasteiger partial charge in [0.05, 0.1) is 33.2 Å². The average molecular weight is 345 g/mol. The minimum absolute atomic E-state index is 0.341. The standard InChI is InChI=1S/C13H12Cl3N5/c14-8-13-18-11-6-9(15)10(16)7-12(11)21(13)4-1-3-20-5-2-17-19-20/h2,5-7H,1,3-4,8H2. The lowest BCUT2D eigenvalue weighted by molar-refractivity contribution is 0.514. The van der Waals surface area contributed by atoms with Crippen LogP contribution in [0.15, 0.2) is 24.5 Å². The number of aromatic nitrogens is 5. The van der Waals surface area contributed by atoms with E-state index in [2.05, 4.69) is 19.9 Å². The maximum atomic E-state index is 6.10. The van der Waals surface area contributed by atoms with Gasteiger partial charge in [-0.1, -0.05) is 28.4 Å².